The van der Waals surface area contributed by atoms with Gasteiger partial charge in [-0.2, -0.15) is 0 Å². The smallest absolute Gasteiger partial charge is 0.303 e. The highest BCUT2D eigenvalue weighted by Crippen LogP contribution is 2.18. The summed E-state index contributed by atoms with van der Waals surface area (Å²) in [6.45, 7) is 4.05. The monoisotopic (exact) mass is 402 g/mol. The predicted molar refractivity (Wildman–Crippen MR) is 114 cm³/mol. The molecule has 3 aromatic rings. The number of aryl methyl sites for hydroxylation is 2. The van der Waals surface area contributed by atoms with Crippen LogP contribution in [0.15, 0.2) is 65.1 Å². The molecule has 7 nitrogen and oxygen atoms in total. The van der Waals surface area contributed by atoms with Gasteiger partial charge in [-0.25, -0.2) is 9.48 Å². The van der Waals surface area contributed by atoms with Gasteiger partial charge in [0.2, 0.25) is 0 Å². The number of benzene rings is 2. The van der Waals surface area contributed by atoms with Crippen LogP contribution in [0.5, 0.6) is 0 Å². The van der Waals surface area contributed by atoms with Gasteiger partial charge in [-0.05, 0) is 37.1 Å². The normalized spacial score (nSPS) is 15.1. The van der Waals surface area contributed by atoms with Crippen LogP contribution in [-0.2, 0) is 17.8 Å². The lowest BCUT2D eigenvalue weighted by Crippen LogP contribution is -2.30. The van der Waals surface area contributed by atoms with Crippen LogP contribution in [0.1, 0.15) is 29.3 Å². The maximum Gasteiger partial charge on any atom is 0.329 e. The summed E-state index contributed by atoms with van der Waals surface area (Å²) < 4.78 is 1.44. The summed E-state index contributed by atoms with van der Waals surface area (Å²) in [4.78, 5) is 39.4. The van der Waals surface area contributed by atoms with Crippen LogP contribution in [0.25, 0.3) is 11.8 Å². The van der Waals surface area contributed by atoms with E-state index in [4.69, 9.17) is 0 Å². The van der Waals surface area contributed by atoms with E-state index in [1.807, 2.05) is 68.4 Å². The van der Waals surface area contributed by atoms with Crippen molar-refractivity contribution in [2.24, 2.45) is 0 Å². The first-order valence-corrected chi connectivity index (χ1v) is 9.77. The molecule has 1 saturated heterocycles. The zero-order valence-corrected chi connectivity index (χ0v) is 16.8. The number of hydrogen-bond donors (Lipinski definition) is 2. The van der Waals surface area contributed by atoms with E-state index in [9.17, 15) is 14.4 Å². The van der Waals surface area contributed by atoms with Gasteiger partial charge in [-0.15, -0.1) is 0 Å². The van der Waals surface area contributed by atoms with E-state index in [1.165, 1.54) is 10.8 Å². The molecule has 1 fully saturated rings. The molecule has 2 N–H and O–H groups in total. The number of nitrogens with one attached hydrogen (secondary N) is 2. The Morgan fingerprint density at radius 3 is 2.47 bits per heavy atom. The standard InChI is InChI=1S/C23H22N4O3/c1-3-19-18(21(28)27(25-19)17-10-5-4-6-11-17)13-20-22(29)26(23(30)24-20)14-16-9-7-8-15(2)12-16/h4-13,25H,3,14H2,1-2H3,(H,24,30). The number of aromatic nitrogens is 2. The van der Waals surface area contributed by atoms with E-state index < -0.39 is 11.9 Å². The maximum absolute atomic E-state index is 13.0. The summed E-state index contributed by atoms with van der Waals surface area (Å²) in [5, 5.41) is 5.70. The Morgan fingerprint density at radius 2 is 1.77 bits per heavy atom. The van der Waals surface area contributed by atoms with E-state index in [0.717, 1.165) is 16.0 Å². The summed E-state index contributed by atoms with van der Waals surface area (Å²) in [6.07, 6.45) is 2.04. The van der Waals surface area contributed by atoms with Gasteiger partial charge in [0.1, 0.15) is 5.70 Å². The molecule has 0 aliphatic carbocycles. The molecule has 30 heavy (non-hydrogen) atoms. The summed E-state index contributed by atoms with van der Waals surface area (Å²) in [7, 11) is 0. The molecule has 0 bridgehead atoms. The molecule has 0 atom stereocenters. The molecule has 7 heteroatoms. The van der Waals surface area contributed by atoms with Crippen molar-refractivity contribution in [1.82, 2.24) is 20.0 Å². The van der Waals surface area contributed by atoms with Crippen molar-refractivity contribution < 1.29 is 9.59 Å². The van der Waals surface area contributed by atoms with Gasteiger partial charge in [0.15, 0.2) is 0 Å². The second-order valence-corrected chi connectivity index (χ2v) is 7.20. The molecule has 2 heterocycles. The second kappa shape index (κ2) is 7.87. The van der Waals surface area contributed by atoms with Gasteiger partial charge in [0, 0.05) is 5.69 Å². The molecule has 152 valence electrons. The molecule has 4 rings (SSSR count). The van der Waals surface area contributed by atoms with E-state index in [-0.39, 0.29) is 17.8 Å². The first-order valence-electron chi connectivity index (χ1n) is 9.77. The third-order valence-electron chi connectivity index (χ3n) is 5.05. The zero-order valence-electron chi connectivity index (χ0n) is 16.8. The Hall–Kier alpha value is -3.87. The minimum absolute atomic E-state index is 0.0960. The fraction of sp³-hybridized carbons (Fsp3) is 0.174. The van der Waals surface area contributed by atoms with Crippen LogP contribution >= 0.6 is 0 Å². The average Bonchev–Trinajstić information content (AvgIpc) is 3.20. The fourth-order valence-electron chi connectivity index (χ4n) is 3.53. The molecule has 1 aliphatic rings. The molecule has 1 aliphatic heterocycles. The number of rotatable bonds is 5. The van der Waals surface area contributed by atoms with Gasteiger partial charge in [0.05, 0.1) is 17.8 Å². The zero-order chi connectivity index (χ0) is 21.3. The Labute approximate surface area is 173 Å². The third-order valence-corrected chi connectivity index (χ3v) is 5.05. The Morgan fingerprint density at radius 1 is 1.00 bits per heavy atom. The topological polar surface area (TPSA) is 87.2 Å². The number of hydrogen-bond acceptors (Lipinski definition) is 3. The van der Waals surface area contributed by atoms with Crippen LogP contribution in [0.4, 0.5) is 4.79 Å². The van der Waals surface area contributed by atoms with Crippen molar-refractivity contribution in [1.29, 1.82) is 0 Å². The highest BCUT2D eigenvalue weighted by Gasteiger charge is 2.34. The SMILES string of the molecule is CCc1[nH]n(-c2ccccc2)c(=O)c1C=C1NC(=O)N(Cc2cccc(C)c2)C1=O. The molecular formula is C23H22N4O3. The van der Waals surface area contributed by atoms with Crippen molar-refractivity contribution in [3.05, 3.63) is 93.0 Å². The van der Waals surface area contributed by atoms with E-state index >= 15 is 0 Å². The molecule has 1 aromatic heterocycles. The first-order chi connectivity index (χ1) is 14.5. The first kappa shape index (κ1) is 19.4. The number of carbonyl (C=O) groups excluding carboxylic acids is 2. The van der Waals surface area contributed by atoms with Crippen LogP contribution in [0, 0.1) is 6.92 Å². The molecule has 2 aromatic carbocycles. The average molecular weight is 402 g/mol. The number of para-hydroxylation sites is 1. The van der Waals surface area contributed by atoms with Crippen molar-refractivity contribution in [3.8, 4) is 5.69 Å². The van der Waals surface area contributed by atoms with E-state index in [2.05, 4.69) is 10.4 Å². The highest BCUT2D eigenvalue weighted by atomic mass is 16.2. The van der Waals surface area contributed by atoms with Crippen molar-refractivity contribution >= 4 is 18.0 Å². The Bertz CT molecular complexity index is 1200. The predicted octanol–water partition coefficient (Wildman–Crippen LogP) is 3.13. The summed E-state index contributed by atoms with van der Waals surface area (Å²) in [5.41, 5.74) is 3.49. The number of aromatic amines is 1. The highest BCUT2D eigenvalue weighted by molar-refractivity contribution is 6.13. The maximum atomic E-state index is 13.0. The lowest BCUT2D eigenvalue weighted by Gasteiger charge is -2.12. The van der Waals surface area contributed by atoms with E-state index in [0.29, 0.717) is 23.4 Å². The van der Waals surface area contributed by atoms with Crippen molar-refractivity contribution in [3.63, 3.8) is 0 Å². The number of imide groups is 1. The number of nitrogens with zero attached hydrogens (tertiary/aromatic N) is 2. The minimum Gasteiger partial charge on any atom is -0.303 e. The number of carbonyl (C=O) groups is 2. The molecule has 0 radical (unpaired) electrons. The molecule has 0 unspecified atom stereocenters. The molecule has 3 amide bonds. The summed E-state index contributed by atoms with van der Waals surface area (Å²) >= 11 is 0. The van der Waals surface area contributed by atoms with Gasteiger partial charge in [0.25, 0.3) is 11.5 Å². The van der Waals surface area contributed by atoms with Gasteiger partial charge in [-0.1, -0.05) is 55.0 Å². The van der Waals surface area contributed by atoms with Gasteiger partial charge < -0.3 is 5.32 Å². The van der Waals surface area contributed by atoms with Gasteiger partial charge >= 0.3 is 6.03 Å². The van der Waals surface area contributed by atoms with Crippen LogP contribution in [-0.4, -0.2) is 26.6 Å². The third kappa shape index (κ3) is 3.57. The van der Waals surface area contributed by atoms with Crippen molar-refractivity contribution in [2.45, 2.75) is 26.8 Å². The molecular weight excluding hydrogens is 380 g/mol. The van der Waals surface area contributed by atoms with Crippen LogP contribution < -0.4 is 10.9 Å². The van der Waals surface area contributed by atoms with Crippen LogP contribution in [0.3, 0.4) is 0 Å². The van der Waals surface area contributed by atoms with Crippen molar-refractivity contribution in [2.75, 3.05) is 0 Å². The largest absolute Gasteiger partial charge is 0.329 e. The Balaban J connectivity index is 1.67. The fourth-order valence-corrected chi connectivity index (χ4v) is 3.53. The summed E-state index contributed by atoms with van der Waals surface area (Å²) in [5.74, 6) is -0.449. The number of amides is 3. The summed E-state index contributed by atoms with van der Waals surface area (Å²) in [6, 6.07) is 16.3. The molecule has 0 spiro atoms. The minimum atomic E-state index is -0.496. The number of urea groups is 1. The second-order valence-electron chi connectivity index (χ2n) is 7.20. The van der Waals surface area contributed by atoms with Crippen LogP contribution in [0.2, 0.25) is 0 Å². The number of H-pyrrole nitrogens is 1. The quantitative estimate of drug-likeness (QED) is 0.508. The Kier molecular flexibility index (Phi) is 5.10. The van der Waals surface area contributed by atoms with E-state index in [1.54, 1.807) is 0 Å². The molecule has 0 saturated carbocycles. The lowest BCUT2D eigenvalue weighted by molar-refractivity contribution is -0.123. The lowest BCUT2D eigenvalue weighted by atomic mass is 10.1. The van der Waals surface area contributed by atoms with Gasteiger partial charge in [-0.3, -0.25) is 19.6 Å².